The van der Waals surface area contributed by atoms with Crippen LogP contribution >= 0.6 is 0 Å². The maximum atomic E-state index is 12.0. The van der Waals surface area contributed by atoms with Crippen LogP contribution in [-0.2, 0) is 33.4 Å². The van der Waals surface area contributed by atoms with E-state index < -0.39 is 23.5 Å². The van der Waals surface area contributed by atoms with Crippen LogP contribution in [0.25, 0.3) is 0 Å². The normalized spacial score (nSPS) is 12.1. The summed E-state index contributed by atoms with van der Waals surface area (Å²) in [7, 11) is 0. The van der Waals surface area contributed by atoms with E-state index >= 15 is 0 Å². The van der Waals surface area contributed by atoms with Gasteiger partial charge in [-0.05, 0) is 18.2 Å². The average Bonchev–Trinajstić information content (AvgIpc) is 2.01. The molecule has 0 aliphatic rings. The predicted molar refractivity (Wildman–Crippen MR) is 36.4 cm³/mol. The van der Waals surface area contributed by atoms with Gasteiger partial charge in [-0.1, -0.05) is 6.07 Å². The number of hydrogen-bond acceptors (Lipinski definition) is 0. The first-order valence-corrected chi connectivity index (χ1v) is 3.46. The van der Waals surface area contributed by atoms with Crippen LogP contribution in [0.1, 0.15) is 11.1 Å². The van der Waals surface area contributed by atoms with E-state index in [4.69, 9.17) is 0 Å². The van der Waals surface area contributed by atoms with Crippen molar-refractivity contribution in [2.24, 2.45) is 0 Å². The van der Waals surface area contributed by atoms with Gasteiger partial charge in [0.05, 0.1) is 11.1 Å². The van der Waals surface area contributed by atoms with E-state index in [0.717, 1.165) is 6.07 Å². The van der Waals surface area contributed by atoms with E-state index in [9.17, 15) is 26.3 Å². The summed E-state index contributed by atoms with van der Waals surface area (Å²) in [5.74, 6) is 0. The second-order valence-corrected chi connectivity index (χ2v) is 2.58. The van der Waals surface area contributed by atoms with Gasteiger partial charge < -0.3 is 0 Å². The van der Waals surface area contributed by atoms with Crippen molar-refractivity contribution in [3.8, 4) is 0 Å². The smallest absolute Gasteiger partial charge is 0.166 e. The summed E-state index contributed by atoms with van der Waals surface area (Å²) in [5.41, 5.74) is -2.60. The van der Waals surface area contributed by atoms with Gasteiger partial charge in [-0.25, -0.2) is 0 Å². The minimum Gasteiger partial charge on any atom is -0.166 e. The van der Waals surface area contributed by atoms with Crippen LogP contribution in [0.5, 0.6) is 0 Å². The molecule has 0 bridgehead atoms. The number of rotatable bonds is 0. The quantitative estimate of drug-likeness (QED) is 0.574. The Balaban J connectivity index is 0.00000196. The number of benzene rings is 1. The van der Waals surface area contributed by atoms with E-state index in [1.165, 1.54) is 0 Å². The number of hydrogen-bond donors (Lipinski definition) is 0. The summed E-state index contributed by atoms with van der Waals surface area (Å²) in [6, 6.07) is 2.00. The molecule has 0 amide bonds. The molecular weight excluding hydrogens is 405 g/mol. The van der Waals surface area contributed by atoms with Gasteiger partial charge in [0.2, 0.25) is 0 Å². The van der Waals surface area contributed by atoms with Gasteiger partial charge in [0, 0.05) is 21.1 Å². The fourth-order valence-corrected chi connectivity index (χ4v) is 0.872. The van der Waals surface area contributed by atoms with E-state index in [1.54, 1.807) is 0 Å². The molecule has 0 spiro atoms. The SMILES string of the molecule is FC(F)(F)c1cccc(C(F)(F)F)c1.[Pt]. The molecule has 7 heteroatoms. The van der Waals surface area contributed by atoms with Crippen LogP contribution in [0.4, 0.5) is 26.3 Å². The summed E-state index contributed by atoms with van der Waals surface area (Å²) in [4.78, 5) is 0. The summed E-state index contributed by atoms with van der Waals surface area (Å²) < 4.78 is 71.9. The largest absolute Gasteiger partial charge is 0.416 e. The van der Waals surface area contributed by atoms with E-state index in [0.29, 0.717) is 12.1 Å². The summed E-state index contributed by atoms with van der Waals surface area (Å²) in [6.45, 7) is 0. The minimum atomic E-state index is -4.75. The maximum absolute atomic E-state index is 12.0. The van der Waals surface area contributed by atoms with Crippen molar-refractivity contribution in [3.63, 3.8) is 0 Å². The zero-order valence-corrected chi connectivity index (χ0v) is 9.17. The minimum absolute atomic E-state index is 0. The molecule has 0 N–H and O–H groups in total. The molecule has 1 aromatic carbocycles. The maximum Gasteiger partial charge on any atom is 0.416 e. The Morgan fingerprint density at radius 3 is 1.33 bits per heavy atom. The Kier molecular flexibility index (Phi) is 4.40. The second-order valence-electron chi connectivity index (χ2n) is 2.58. The third-order valence-electron chi connectivity index (χ3n) is 1.52. The van der Waals surface area contributed by atoms with E-state index in [1.807, 2.05) is 0 Å². The van der Waals surface area contributed by atoms with Crippen molar-refractivity contribution in [2.75, 3.05) is 0 Å². The molecule has 0 aliphatic carbocycles. The zero-order chi connectivity index (χ0) is 11.0. The van der Waals surface area contributed by atoms with Crippen LogP contribution in [0.3, 0.4) is 0 Å². The first-order chi connectivity index (χ1) is 6.21. The van der Waals surface area contributed by atoms with Crippen molar-refractivity contribution in [1.29, 1.82) is 0 Å². The van der Waals surface area contributed by atoms with Crippen molar-refractivity contribution >= 4 is 0 Å². The van der Waals surface area contributed by atoms with Gasteiger partial charge >= 0.3 is 12.4 Å². The van der Waals surface area contributed by atoms with Crippen LogP contribution < -0.4 is 0 Å². The van der Waals surface area contributed by atoms with Gasteiger partial charge in [-0.3, -0.25) is 0 Å². The summed E-state index contributed by atoms with van der Waals surface area (Å²) in [5, 5.41) is 0. The molecule has 0 aliphatic heterocycles. The second kappa shape index (κ2) is 4.56. The van der Waals surface area contributed by atoms with Crippen molar-refractivity contribution in [2.45, 2.75) is 12.4 Å². The summed E-state index contributed by atoms with van der Waals surface area (Å²) >= 11 is 0. The Hall–Kier alpha value is -0.512. The molecule has 1 rings (SSSR count). The molecule has 0 radical (unpaired) electrons. The Morgan fingerprint density at radius 1 is 0.733 bits per heavy atom. The molecule has 0 heterocycles. The molecule has 88 valence electrons. The van der Waals surface area contributed by atoms with Gasteiger partial charge in [0.15, 0.2) is 0 Å². The number of halogens is 6. The molecule has 0 saturated carbocycles. The Bertz CT molecular complexity index is 297. The molecule has 15 heavy (non-hydrogen) atoms. The third-order valence-corrected chi connectivity index (χ3v) is 1.52. The molecule has 0 fully saturated rings. The van der Waals surface area contributed by atoms with Crippen LogP contribution in [-0.4, -0.2) is 0 Å². The molecule has 0 nitrogen and oxygen atoms in total. The molecule has 0 unspecified atom stereocenters. The Labute approximate surface area is 95.5 Å². The monoisotopic (exact) mass is 409 g/mol. The van der Waals surface area contributed by atoms with Gasteiger partial charge in [-0.2, -0.15) is 26.3 Å². The van der Waals surface area contributed by atoms with Crippen LogP contribution in [0.15, 0.2) is 24.3 Å². The van der Waals surface area contributed by atoms with Gasteiger partial charge in [0.25, 0.3) is 0 Å². The summed E-state index contributed by atoms with van der Waals surface area (Å²) in [6.07, 6.45) is -9.50. The fourth-order valence-electron chi connectivity index (χ4n) is 0.872. The first-order valence-electron chi connectivity index (χ1n) is 3.46. The fraction of sp³-hybridized carbons (Fsp3) is 0.250. The van der Waals surface area contributed by atoms with Crippen molar-refractivity contribution in [3.05, 3.63) is 35.4 Å². The Morgan fingerprint density at radius 2 is 1.07 bits per heavy atom. The standard InChI is InChI=1S/C8H4F6.Pt/c9-7(10,11)5-2-1-3-6(4-5)8(12,13)14;/h1-4H;. The molecule has 0 saturated heterocycles. The van der Waals surface area contributed by atoms with E-state index in [2.05, 4.69) is 0 Å². The molecular formula is C8H4F6Pt. The molecule has 0 aromatic heterocycles. The molecule has 0 atom stereocenters. The van der Waals surface area contributed by atoms with Crippen LogP contribution in [0, 0.1) is 0 Å². The first kappa shape index (κ1) is 14.5. The molecule has 1 aromatic rings. The van der Waals surface area contributed by atoms with E-state index in [-0.39, 0.29) is 27.1 Å². The predicted octanol–water partition coefficient (Wildman–Crippen LogP) is 3.72. The van der Waals surface area contributed by atoms with Crippen molar-refractivity contribution < 1.29 is 47.4 Å². The van der Waals surface area contributed by atoms with Crippen molar-refractivity contribution in [1.82, 2.24) is 0 Å². The third kappa shape index (κ3) is 3.86. The van der Waals surface area contributed by atoms with Gasteiger partial charge in [0.1, 0.15) is 0 Å². The van der Waals surface area contributed by atoms with Gasteiger partial charge in [-0.15, -0.1) is 0 Å². The number of alkyl halides is 6. The topological polar surface area (TPSA) is 0 Å². The average molecular weight is 409 g/mol. The van der Waals surface area contributed by atoms with Crippen LogP contribution in [0.2, 0.25) is 0 Å². The zero-order valence-electron chi connectivity index (χ0n) is 6.89.